The van der Waals surface area contributed by atoms with E-state index in [1.165, 1.54) is 50.4 Å². The standard InChI is InChI=1S/C23H23N3O5S/c1-5-19(21(25-6-2)32-14-15-7-9-24-10-8-15)20(27)26-18-12-16(22(28)30-3)11-17(13-18)23(29)31-4/h5-13H,2,14H2,1,3-4H3,(H,26,27)/b19-5-,25-21?. The van der Waals surface area contributed by atoms with Crippen LogP contribution in [0.4, 0.5) is 5.69 Å². The van der Waals surface area contributed by atoms with E-state index in [2.05, 4.69) is 21.9 Å². The summed E-state index contributed by atoms with van der Waals surface area (Å²) in [5.74, 6) is -1.20. The number of carbonyl (C=O) groups is 3. The van der Waals surface area contributed by atoms with Gasteiger partial charge in [-0.2, -0.15) is 0 Å². The fourth-order valence-corrected chi connectivity index (χ4v) is 3.63. The molecule has 0 radical (unpaired) electrons. The van der Waals surface area contributed by atoms with Gasteiger partial charge in [-0.15, -0.1) is 11.8 Å². The molecule has 0 spiro atoms. The van der Waals surface area contributed by atoms with E-state index < -0.39 is 17.8 Å². The summed E-state index contributed by atoms with van der Waals surface area (Å²) in [5, 5.41) is 3.17. The van der Waals surface area contributed by atoms with Crippen molar-refractivity contribution in [2.75, 3.05) is 19.5 Å². The first-order valence-corrected chi connectivity index (χ1v) is 10.4. The summed E-state index contributed by atoms with van der Waals surface area (Å²) in [6.45, 7) is 5.34. The Morgan fingerprint density at radius 2 is 1.69 bits per heavy atom. The Morgan fingerprint density at radius 1 is 1.09 bits per heavy atom. The largest absolute Gasteiger partial charge is 0.465 e. The van der Waals surface area contributed by atoms with E-state index in [1.807, 2.05) is 12.1 Å². The summed E-state index contributed by atoms with van der Waals surface area (Å²) in [6, 6.07) is 7.91. The molecule has 1 N–H and O–H groups in total. The SMILES string of the molecule is C=CN=C(SCc1ccncc1)/C(=C\C)C(=O)Nc1cc(C(=O)OC)cc(C(=O)OC)c1. The van der Waals surface area contributed by atoms with Gasteiger partial charge in [0.25, 0.3) is 5.91 Å². The highest BCUT2D eigenvalue weighted by atomic mass is 32.2. The van der Waals surface area contributed by atoms with Crippen LogP contribution in [0.5, 0.6) is 0 Å². The molecule has 0 atom stereocenters. The molecule has 1 aromatic carbocycles. The molecular formula is C23H23N3O5S. The maximum absolute atomic E-state index is 13.0. The van der Waals surface area contributed by atoms with Crippen LogP contribution in [0.3, 0.4) is 0 Å². The molecule has 1 amide bonds. The van der Waals surface area contributed by atoms with E-state index in [0.29, 0.717) is 16.4 Å². The lowest BCUT2D eigenvalue weighted by molar-refractivity contribution is -0.112. The number of benzene rings is 1. The summed E-state index contributed by atoms with van der Waals surface area (Å²) in [6.07, 6.45) is 6.37. The number of hydrogen-bond acceptors (Lipinski definition) is 8. The van der Waals surface area contributed by atoms with Gasteiger partial charge in [0, 0.05) is 30.0 Å². The normalized spacial score (nSPS) is 11.5. The molecule has 1 aromatic heterocycles. The minimum Gasteiger partial charge on any atom is -0.465 e. The predicted molar refractivity (Wildman–Crippen MR) is 125 cm³/mol. The highest BCUT2D eigenvalue weighted by Gasteiger charge is 2.19. The number of anilines is 1. The van der Waals surface area contributed by atoms with Crippen molar-refractivity contribution in [1.82, 2.24) is 4.98 Å². The van der Waals surface area contributed by atoms with E-state index in [-0.39, 0.29) is 16.8 Å². The second kappa shape index (κ2) is 12.2. The number of ether oxygens (including phenoxy) is 2. The smallest absolute Gasteiger partial charge is 0.337 e. The number of methoxy groups -OCH3 is 2. The molecule has 0 aliphatic carbocycles. The third kappa shape index (κ3) is 6.64. The number of nitrogens with one attached hydrogen (secondary N) is 1. The Kier molecular flexibility index (Phi) is 9.37. The number of thioether (sulfide) groups is 1. The molecule has 2 aromatic rings. The van der Waals surface area contributed by atoms with Crippen LogP contribution in [-0.2, 0) is 20.0 Å². The van der Waals surface area contributed by atoms with Crippen LogP contribution < -0.4 is 5.32 Å². The lowest BCUT2D eigenvalue weighted by Crippen LogP contribution is -2.20. The zero-order valence-electron chi connectivity index (χ0n) is 18.0. The molecule has 2 rings (SSSR count). The molecule has 32 heavy (non-hydrogen) atoms. The number of rotatable bonds is 8. The summed E-state index contributed by atoms with van der Waals surface area (Å²) in [5.41, 5.74) is 1.76. The van der Waals surface area contributed by atoms with Crippen LogP contribution in [0.25, 0.3) is 0 Å². The number of esters is 2. The van der Waals surface area contributed by atoms with Crippen LogP contribution in [-0.4, -0.2) is 42.1 Å². The molecule has 0 bridgehead atoms. The van der Waals surface area contributed by atoms with Crippen LogP contribution in [0.2, 0.25) is 0 Å². The highest BCUT2D eigenvalue weighted by Crippen LogP contribution is 2.22. The fourth-order valence-electron chi connectivity index (χ4n) is 2.62. The molecule has 1 heterocycles. The van der Waals surface area contributed by atoms with Crippen molar-refractivity contribution in [3.05, 3.63) is 83.8 Å². The summed E-state index contributed by atoms with van der Waals surface area (Å²) in [4.78, 5) is 45.2. The minimum absolute atomic E-state index is 0.0970. The minimum atomic E-state index is -0.653. The molecular weight excluding hydrogens is 430 g/mol. The number of aromatic nitrogens is 1. The highest BCUT2D eigenvalue weighted by molar-refractivity contribution is 8.13. The monoisotopic (exact) mass is 453 g/mol. The van der Waals surface area contributed by atoms with Gasteiger partial charge in [0.05, 0.1) is 30.9 Å². The van der Waals surface area contributed by atoms with Gasteiger partial charge >= 0.3 is 11.9 Å². The van der Waals surface area contributed by atoms with Gasteiger partial charge in [0.2, 0.25) is 0 Å². The maximum atomic E-state index is 13.0. The molecule has 0 saturated heterocycles. The molecule has 166 valence electrons. The van der Waals surface area contributed by atoms with Crippen molar-refractivity contribution in [1.29, 1.82) is 0 Å². The lowest BCUT2D eigenvalue weighted by atomic mass is 10.1. The number of carbonyl (C=O) groups excluding carboxylic acids is 3. The Hall–Kier alpha value is -3.72. The van der Waals surface area contributed by atoms with Gasteiger partial charge < -0.3 is 14.8 Å². The zero-order valence-corrected chi connectivity index (χ0v) is 18.8. The quantitative estimate of drug-likeness (QED) is 0.278. The first-order chi connectivity index (χ1) is 15.4. The molecule has 0 aliphatic rings. The lowest BCUT2D eigenvalue weighted by Gasteiger charge is -2.13. The van der Waals surface area contributed by atoms with Gasteiger partial charge in [-0.3, -0.25) is 9.78 Å². The molecule has 0 aliphatic heterocycles. The average molecular weight is 454 g/mol. The van der Waals surface area contributed by atoms with Crippen molar-refractivity contribution < 1.29 is 23.9 Å². The van der Waals surface area contributed by atoms with Crippen LogP contribution in [0, 0.1) is 0 Å². The van der Waals surface area contributed by atoms with E-state index in [9.17, 15) is 14.4 Å². The van der Waals surface area contributed by atoms with Gasteiger partial charge in [-0.1, -0.05) is 12.7 Å². The van der Waals surface area contributed by atoms with E-state index >= 15 is 0 Å². The first kappa shape index (κ1) is 24.5. The number of aliphatic imine (C=N–C) groups is 1. The van der Waals surface area contributed by atoms with Crippen molar-refractivity contribution in [3.8, 4) is 0 Å². The van der Waals surface area contributed by atoms with Gasteiger partial charge in [-0.05, 0) is 42.8 Å². The Labute approximate surface area is 190 Å². The number of amides is 1. The van der Waals surface area contributed by atoms with Crippen molar-refractivity contribution in [3.63, 3.8) is 0 Å². The van der Waals surface area contributed by atoms with E-state index in [0.717, 1.165) is 5.56 Å². The van der Waals surface area contributed by atoms with Gasteiger partial charge in [0.15, 0.2) is 0 Å². The second-order valence-electron chi connectivity index (χ2n) is 6.20. The van der Waals surface area contributed by atoms with Crippen molar-refractivity contribution in [2.45, 2.75) is 12.7 Å². The van der Waals surface area contributed by atoms with Crippen molar-refractivity contribution >= 4 is 40.3 Å². The fraction of sp³-hybridized carbons (Fsp3) is 0.174. The molecule has 8 nitrogen and oxygen atoms in total. The summed E-state index contributed by atoms with van der Waals surface area (Å²) in [7, 11) is 2.45. The second-order valence-corrected chi connectivity index (χ2v) is 7.16. The van der Waals surface area contributed by atoms with Crippen LogP contribution >= 0.6 is 11.8 Å². The Balaban J connectivity index is 2.29. The van der Waals surface area contributed by atoms with Crippen LogP contribution in [0.1, 0.15) is 33.2 Å². The van der Waals surface area contributed by atoms with E-state index in [4.69, 9.17) is 9.47 Å². The number of allylic oxidation sites excluding steroid dienone is 1. The molecule has 0 unspecified atom stereocenters. The van der Waals surface area contributed by atoms with Gasteiger partial charge in [0.1, 0.15) is 5.04 Å². The maximum Gasteiger partial charge on any atom is 0.337 e. The summed E-state index contributed by atoms with van der Waals surface area (Å²) >= 11 is 1.37. The number of hydrogen-bond donors (Lipinski definition) is 1. The van der Waals surface area contributed by atoms with Gasteiger partial charge in [-0.25, -0.2) is 14.6 Å². The first-order valence-electron chi connectivity index (χ1n) is 9.43. The zero-order chi connectivity index (χ0) is 23.5. The topological polar surface area (TPSA) is 107 Å². The molecule has 0 saturated carbocycles. The third-order valence-corrected chi connectivity index (χ3v) is 5.21. The summed E-state index contributed by atoms with van der Waals surface area (Å²) < 4.78 is 9.45. The van der Waals surface area contributed by atoms with Crippen LogP contribution in [0.15, 0.2) is 72.1 Å². The number of pyridine rings is 1. The third-order valence-electron chi connectivity index (χ3n) is 4.13. The predicted octanol–water partition coefficient (Wildman–Crippen LogP) is 4.02. The average Bonchev–Trinajstić information content (AvgIpc) is 2.82. The molecule has 9 heteroatoms. The Bertz CT molecular complexity index is 1030. The molecule has 0 fully saturated rings. The van der Waals surface area contributed by atoms with E-state index in [1.54, 1.807) is 25.4 Å². The Morgan fingerprint density at radius 3 is 2.19 bits per heavy atom. The number of nitrogens with zero attached hydrogens (tertiary/aromatic N) is 2. The van der Waals surface area contributed by atoms with Crippen molar-refractivity contribution in [2.24, 2.45) is 4.99 Å².